The standard InChI is InChI=1S/C16H17ClN2O4S/c1-23-13-3-2-10(17)8-12(13)15(21)18-6-4-11(5-7-18)19-14(20)9-24-16(19)22/h2-3,8,11H,4-7,9H2,1H3. The first kappa shape index (κ1) is 17.1. The summed E-state index contributed by atoms with van der Waals surface area (Å²) in [7, 11) is 1.51. The first-order chi connectivity index (χ1) is 11.5. The summed E-state index contributed by atoms with van der Waals surface area (Å²) in [4.78, 5) is 39.4. The number of carbonyl (C=O) groups is 3. The molecule has 8 heteroatoms. The Labute approximate surface area is 149 Å². The minimum atomic E-state index is -0.179. The van der Waals surface area contributed by atoms with Crippen LogP contribution < -0.4 is 4.74 Å². The number of nitrogens with zero attached hydrogens (tertiary/aromatic N) is 2. The van der Waals surface area contributed by atoms with Gasteiger partial charge in [0.1, 0.15) is 5.75 Å². The van der Waals surface area contributed by atoms with Gasteiger partial charge in [-0.25, -0.2) is 0 Å². The molecule has 3 rings (SSSR count). The van der Waals surface area contributed by atoms with Crippen LogP contribution in [0.1, 0.15) is 23.2 Å². The Balaban J connectivity index is 1.68. The zero-order valence-electron chi connectivity index (χ0n) is 13.2. The lowest BCUT2D eigenvalue weighted by atomic mass is 10.0. The van der Waals surface area contributed by atoms with Gasteiger partial charge in [0.25, 0.3) is 11.1 Å². The minimum absolute atomic E-state index is 0.120. The van der Waals surface area contributed by atoms with E-state index in [1.54, 1.807) is 23.1 Å². The fourth-order valence-corrected chi connectivity index (χ4v) is 4.01. The van der Waals surface area contributed by atoms with Gasteiger partial charge in [-0.3, -0.25) is 19.3 Å². The molecule has 1 aromatic carbocycles. The number of hydrogen-bond donors (Lipinski definition) is 0. The summed E-state index contributed by atoms with van der Waals surface area (Å²) >= 11 is 7.03. The summed E-state index contributed by atoms with van der Waals surface area (Å²) in [5, 5.41) is 0.292. The van der Waals surface area contributed by atoms with E-state index in [1.807, 2.05) is 0 Å². The van der Waals surface area contributed by atoms with Gasteiger partial charge in [0, 0.05) is 24.2 Å². The lowest BCUT2D eigenvalue weighted by molar-refractivity contribution is -0.126. The van der Waals surface area contributed by atoms with E-state index in [-0.39, 0.29) is 28.8 Å². The van der Waals surface area contributed by atoms with Crippen LogP contribution in [-0.4, -0.2) is 58.8 Å². The zero-order valence-corrected chi connectivity index (χ0v) is 14.7. The van der Waals surface area contributed by atoms with Gasteiger partial charge in [0.2, 0.25) is 5.91 Å². The number of likely N-dealkylation sites (tertiary alicyclic amines) is 1. The van der Waals surface area contributed by atoms with Gasteiger partial charge in [-0.1, -0.05) is 23.4 Å². The van der Waals surface area contributed by atoms with Gasteiger partial charge in [-0.15, -0.1) is 0 Å². The molecule has 128 valence electrons. The van der Waals surface area contributed by atoms with Crippen LogP contribution in [-0.2, 0) is 4.79 Å². The molecular weight excluding hydrogens is 352 g/mol. The van der Waals surface area contributed by atoms with Crippen molar-refractivity contribution in [3.8, 4) is 5.75 Å². The fraction of sp³-hybridized carbons (Fsp3) is 0.438. The van der Waals surface area contributed by atoms with Gasteiger partial charge >= 0.3 is 0 Å². The van der Waals surface area contributed by atoms with Gasteiger partial charge in [-0.2, -0.15) is 0 Å². The second kappa shape index (κ2) is 7.03. The quantitative estimate of drug-likeness (QED) is 0.820. The number of imide groups is 1. The predicted octanol–water partition coefficient (Wildman–Crippen LogP) is 2.65. The molecule has 1 aromatic rings. The van der Waals surface area contributed by atoms with E-state index in [0.29, 0.717) is 42.3 Å². The first-order valence-electron chi connectivity index (χ1n) is 7.63. The predicted molar refractivity (Wildman–Crippen MR) is 91.6 cm³/mol. The van der Waals surface area contributed by atoms with Crippen molar-refractivity contribution in [1.29, 1.82) is 0 Å². The third kappa shape index (κ3) is 3.23. The topological polar surface area (TPSA) is 66.9 Å². The van der Waals surface area contributed by atoms with E-state index in [1.165, 1.54) is 12.0 Å². The third-order valence-electron chi connectivity index (χ3n) is 4.29. The van der Waals surface area contributed by atoms with Crippen molar-refractivity contribution >= 4 is 40.4 Å². The fourth-order valence-electron chi connectivity index (χ4n) is 3.06. The van der Waals surface area contributed by atoms with Crippen molar-refractivity contribution in [1.82, 2.24) is 9.80 Å². The zero-order chi connectivity index (χ0) is 17.3. The molecule has 0 aromatic heterocycles. The van der Waals surface area contributed by atoms with Crippen LogP contribution in [0.5, 0.6) is 5.75 Å². The number of methoxy groups -OCH3 is 1. The molecule has 0 saturated carbocycles. The normalized spacial score (nSPS) is 19.1. The molecule has 2 fully saturated rings. The van der Waals surface area contributed by atoms with Gasteiger partial charge in [-0.05, 0) is 31.0 Å². The number of piperidine rings is 1. The Kier molecular flexibility index (Phi) is 5.01. The van der Waals surface area contributed by atoms with Gasteiger partial charge < -0.3 is 9.64 Å². The second-order valence-corrected chi connectivity index (χ2v) is 7.05. The Morgan fingerprint density at radius 3 is 2.58 bits per heavy atom. The number of amides is 3. The number of benzene rings is 1. The smallest absolute Gasteiger partial charge is 0.289 e. The third-order valence-corrected chi connectivity index (χ3v) is 5.36. The molecule has 2 aliphatic heterocycles. The average molecular weight is 369 g/mol. The van der Waals surface area contributed by atoms with E-state index in [2.05, 4.69) is 0 Å². The monoisotopic (exact) mass is 368 g/mol. The second-order valence-electron chi connectivity index (χ2n) is 5.69. The highest BCUT2D eigenvalue weighted by molar-refractivity contribution is 8.14. The van der Waals surface area contributed by atoms with Crippen LogP contribution in [0.3, 0.4) is 0 Å². The number of carbonyl (C=O) groups excluding carboxylic acids is 3. The Bertz CT molecular complexity index is 673. The van der Waals surface area contributed by atoms with Crippen LogP contribution in [0.2, 0.25) is 5.02 Å². The largest absolute Gasteiger partial charge is 0.496 e. The number of rotatable bonds is 3. The van der Waals surface area contributed by atoms with Gasteiger partial charge in [0.15, 0.2) is 0 Å². The lowest BCUT2D eigenvalue weighted by Crippen LogP contribution is -2.48. The van der Waals surface area contributed by atoms with E-state index < -0.39 is 0 Å². The van der Waals surface area contributed by atoms with Crippen LogP contribution in [0.25, 0.3) is 0 Å². The molecule has 0 N–H and O–H groups in total. The van der Waals surface area contributed by atoms with E-state index in [0.717, 1.165) is 11.8 Å². The Hall–Kier alpha value is -1.73. The maximum Gasteiger partial charge on any atom is 0.289 e. The van der Waals surface area contributed by atoms with Crippen molar-refractivity contribution in [2.75, 3.05) is 26.0 Å². The Morgan fingerprint density at radius 1 is 1.29 bits per heavy atom. The highest BCUT2D eigenvalue weighted by atomic mass is 35.5. The minimum Gasteiger partial charge on any atom is -0.496 e. The summed E-state index contributed by atoms with van der Waals surface area (Å²) in [5.74, 6) is 0.415. The molecule has 0 aliphatic carbocycles. The van der Waals surface area contributed by atoms with E-state index in [9.17, 15) is 14.4 Å². The maximum atomic E-state index is 12.7. The molecule has 0 spiro atoms. The molecule has 3 amide bonds. The molecule has 0 bridgehead atoms. The molecule has 0 radical (unpaired) electrons. The average Bonchev–Trinajstić information content (AvgIpc) is 2.93. The van der Waals surface area contributed by atoms with Crippen LogP contribution >= 0.6 is 23.4 Å². The Morgan fingerprint density at radius 2 is 2.00 bits per heavy atom. The van der Waals surface area contributed by atoms with E-state index in [4.69, 9.17) is 16.3 Å². The maximum absolute atomic E-state index is 12.7. The highest BCUT2D eigenvalue weighted by Gasteiger charge is 2.38. The molecule has 0 unspecified atom stereocenters. The van der Waals surface area contributed by atoms with Crippen molar-refractivity contribution < 1.29 is 19.1 Å². The van der Waals surface area contributed by atoms with Crippen molar-refractivity contribution in [2.24, 2.45) is 0 Å². The molecular formula is C16H17ClN2O4S. The summed E-state index contributed by atoms with van der Waals surface area (Å²) in [6.07, 6.45) is 1.18. The summed E-state index contributed by atoms with van der Waals surface area (Å²) in [6, 6.07) is 4.82. The number of ether oxygens (including phenoxy) is 1. The van der Waals surface area contributed by atoms with E-state index >= 15 is 0 Å². The number of thioether (sulfide) groups is 1. The molecule has 0 atom stereocenters. The number of halogens is 1. The van der Waals surface area contributed by atoms with Crippen molar-refractivity contribution in [3.63, 3.8) is 0 Å². The van der Waals surface area contributed by atoms with Crippen molar-refractivity contribution in [3.05, 3.63) is 28.8 Å². The lowest BCUT2D eigenvalue weighted by Gasteiger charge is -2.35. The first-order valence-corrected chi connectivity index (χ1v) is 8.99. The molecule has 6 nitrogen and oxygen atoms in total. The van der Waals surface area contributed by atoms with Gasteiger partial charge in [0.05, 0.1) is 18.4 Å². The molecule has 2 aliphatic rings. The summed E-state index contributed by atoms with van der Waals surface area (Å²) in [6.45, 7) is 0.974. The number of hydrogen-bond acceptors (Lipinski definition) is 5. The highest BCUT2D eigenvalue weighted by Crippen LogP contribution is 2.29. The van der Waals surface area contributed by atoms with Crippen molar-refractivity contribution in [2.45, 2.75) is 18.9 Å². The molecule has 24 heavy (non-hydrogen) atoms. The van der Waals surface area contributed by atoms with Crippen LogP contribution in [0, 0.1) is 0 Å². The SMILES string of the molecule is COc1ccc(Cl)cc1C(=O)N1CCC(N2C(=O)CSC2=O)CC1. The summed E-state index contributed by atoms with van der Waals surface area (Å²) in [5.41, 5.74) is 0.423. The van der Waals surface area contributed by atoms with Crippen LogP contribution in [0.4, 0.5) is 4.79 Å². The van der Waals surface area contributed by atoms with Crippen LogP contribution in [0.15, 0.2) is 18.2 Å². The molecule has 2 heterocycles. The summed E-state index contributed by atoms with van der Waals surface area (Å²) < 4.78 is 5.24. The molecule has 2 saturated heterocycles.